The Labute approximate surface area is 113 Å². The highest BCUT2D eigenvalue weighted by Crippen LogP contribution is 2.19. The Morgan fingerprint density at radius 3 is 2.89 bits per heavy atom. The highest BCUT2D eigenvalue weighted by atomic mass is 16.6. The van der Waals surface area contributed by atoms with Gasteiger partial charge in [0.25, 0.3) is 0 Å². The molecular formula is C13H21N3O3. The third-order valence-corrected chi connectivity index (χ3v) is 2.82. The van der Waals surface area contributed by atoms with Crippen LogP contribution in [0.3, 0.4) is 0 Å². The number of carbonyl (C=O) groups excluding carboxylic acids is 1. The average Bonchev–Trinajstić information content (AvgIpc) is 2.74. The Balaban J connectivity index is 1.99. The SMILES string of the molecule is Cc1cc(C2CN(C(=O)OC(C)(C)C)CCN2)on1. The van der Waals surface area contributed by atoms with Crippen LogP contribution in [-0.2, 0) is 4.74 Å². The van der Waals surface area contributed by atoms with Crippen LogP contribution < -0.4 is 5.32 Å². The summed E-state index contributed by atoms with van der Waals surface area (Å²) in [5, 5.41) is 7.18. The van der Waals surface area contributed by atoms with E-state index in [2.05, 4.69) is 10.5 Å². The molecule has 1 N–H and O–H groups in total. The largest absolute Gasteiger partial charge is 0.444 e. The normalized spacial score (nSPS) is 20.4. The molecule has 2 rings (SSSR count). The fraction of sp³-hybridized carbons (Fsp3) is 0.692. The number of nitrogens with one attached hydrogen (secondary N) is 1. The van der Waals surface area contributed by atoms with Gasteiger partial charge in [-0.05, 0) is 27.7 Å². The van der Waals surface area contributed by atoms with Crippen molar-refractivity contribution in [3.05, 3.63) is 17.5 Å². The molecule has 0 aliphatic carbocycles. The molecule has 1 aromatic heterocycles. The molecule has 6 nitrogen and oxygen atoms in total. The monoisotopic (exact) mass is 267 g/mol. The number of rotatable bonds is 1. The van der Waals surface area contributed by atoms with E-state index in [-0.39, 0.29) is 12.1 Å². The second-order valence-electron chi connectivity index (χ2n) is 5.80. The number of hydrogen-bond donors (Lipinski definition) is 1. The minimum Gasteiger partial charge on any atom is -0.444 e. The second kappa shape index (κ2) is 5.21. The van der Waals surface area contributed by atoms with E-state index in [0.29, 0.717) is 19.6 Å². The molecule has 1 aliphatic rings. The third kappa shape index (κ3) is 3.70. The van der Waals surface area contributed by atoms with E-state index in [1.807, 2.05) is 33.8 Å². The molecule has 1 aliphatic heterocycles. The van der Waals surface area contributed by atoms with Crippen LogP contribution in [0.15, 0.2) is 10.6 Å². The van der Waals surface area contributed by atoms with E-state index in [0.717, 1.165) is 11.5 Å². The van der Waals surface area contributed by atoms with Gasteiger partial charge in [-0.2, -0.15) is 0 Å². The van der Waals surface area contributed by atoms with Gasteiger partial charge in [0.2, 0.25) is 0 Å². The molecule has 106 valence electrons. The van der Waals surface area contributed by atoms with Crippen LogP contribution >= 0.6 is 0 Å². The Hall–Kier alpha value is -1.56. The van der Waals surface area contributed by atoms with Crippen LogP contribution in [0, 0.1) is 6.92 Å². The maximum atomic E-state index is 12.0. The quantitative estimate of drug-likeness (QED) is 0.841. The highest BCUT2D eigenvalue weighted by molar-refractivity contribution is 5.68. The summed E-state index contributed by atoms with van der Waals surface area (Å²) in [5.74, 6) is 0.755. The van der Waals surface area contributed by atoms with E-state index in [1.165, 1.54) is 0 Å². The molecule has 0 aromatic carbocycles. The first kappa shape index (κ1) is 13.9. The summed E-state index contributed by atoms with van der Waals surface area (Å²) < 4.78 is 10.6. The number of nitrogens with zero attached hydrogens (tertiary/aromatic N) is 2. The molecule has 1 unspecified atom stereocenters. The van der Waals surface area contributed by atoms with Gasteiger partial charge in [-0.1, -0.05) is 5.16 Å². The molecule has 2 heterocycles. The van der Waals surface area contributed by atoms with Crippen molar-refractivity contribution in [3.63, 3.8) is 0 Å². The zero-order chi connectivity index (χ0) is 14.0. The van der Waals surface area contributed by atoms with Crippen molar-refractivity contribution in [1.82, 2.24) is 15.4 Å². The summed E-state index contributed by atoms with van der Waals surface area (Å²) >= 11 is 0. The first-order valence-corrected chi connectivity index (χ1v) is 6.50. The molecule has 0 bridgehead atoms. The van der Waals surface area contributed by atoms with E-state index in [1.54, 1.807) is 4.90 Å². The topological polar surface area (TPSA) is 67.6 Å². The van der Waals surface area contributed by atoms with Crippen LogP contribution in [0.2, 0.25) is 0 Å². The number of aromatic nitrogens is 1. The Morgan fingerprint density at radius 1 is 1.58 bits per heavy atom. The smallest absolute Gasteiger partial charge is 0.410 e. The van der Waals surface area contributed by atoms with E-state index < -0.39 is 5.60 Å². The van der Waals surface area contributed by atoms with Crippen molar-refractivity contribution in [2.75, 3.05) is 19.6 Å². The molecule has 1 aromatic rings. The maximum absolute atomic E-state index is 12.0. The Morgan fingerprint density at radius 2 is 2.32 bits per heavy atom. The summed E-state index contributed by atoms with van der Waals surface area (Å²) in [7, 11) is 0. The minimum atomic E-state index is -0.472. The first-order chi connectivity index (χ1) is 8.85. The zero-order valence-corrected chi connectivity index (χ0v) is 11.9. The fourth-order valence-electron chi connectivity index (χ4n) is 1.98. The van der Waals surface area contributed by atoms with Gasteiger partial charge in [-0.15, -0.1) is 0 Å². The van der Waals surface area contributed by atoms with Crippen molar-refractivity contribution in [2.45, 2.75) is 39.3 Å². The molecule has 0 saturated carbocycles. The lowest BCUT2D eigenvalue weighted by molar-refractivity contribution is 0.0186. The van der Waals surface area contributed by atoms with E-state index in [9.17, 15) is 4.79 Å². The summed E-state index contributed by atoms with van der Waals surface area (Å²) in [6.07, 6.45) is -0.282. The average molecular weight is 267 g/mol. The molecular weight excluding hydrogens is 246 g/mol. The summed E-state index contributed by atoms with van der Waals surface area (Å²) in [6, 6.07) is 1.86. The van der Waals surface area contributed by atoms with Crippen molar-refractivity contribution in [2.24, 2.45) is 0 Å². The molecule has 6 heteroatoms. The zero-order valence-electron chi connectivity index (χ0n) is 11.9. The lowest BCUT2D eigenvalue weighted by atomic mass is 10.1. The van der Waals surface area contributed by atoms with E-state index in [4.69, 9.17) is 9.26 Å². The molecule has 1 saturated heterocycles. The first-order valence-electron chi connectivity index (χ1n) is 6.50. The van der Waals surface area contributed by atoms with Gasteiger partial charge in [-0.25, -0.2) is 4.79 Å². The lowest BCUT2D eigenvalue weighted by Gasteiger charge is -2.33. The summed E-state index contributed by atoms with van der Waals surface area (Å²) in [5.41, 5.74) is 0.367. The number of amides is 1. The van der Waals surface area contributed by atoms with Gasteiger partial charge in [0.15, 0.2) is 5.76 Å². The third-order valence-electron chi connectivity index (χ3n) is 2.82. The maximum Gasteiger partial charge on any atom is 0.410 e. The van der Waals surface area contributed by atoms with Gasteiger partial charge in [0, 0.05) is 25.7 Å². The van der Waals surface area contributed by atoms with Crippen LogP contribution in [-0.4, -0.2) is 41.4 Å². The Bertz CT molecular complexity index is 450. The van der Waals surface area contributed by atoms with Crippen LogP contribution in [0.5, 0.6) is 0 Å². The summed E-state index contributed by atoms with van der Waals surface area (Å²) in [4.78, 5) is 13.7. The highest BCUT2D eigenvalue weighted by Gasteiger charge is 2.29. The van der Waals surface area contributed by atoms with Gasteiger partial charge in [0.1, 0.15) is 5.60 Å². The second-order valence-corrected chi connectivity index (χ2v) is 5.80. The number of hydrogen-bond acceptors (Lipinski definition) is 5. The number of piperazine rings is 1. The van der Waals surface area contributed by atoms with Crippen LogP contribution in [0.4, 0.5) is 4.79 Å². The lowest BCUT2D eigenvalue weighted by Crippen LogP contribution is -2.49. The molecule has 0 spiro atoms. The molecule has 1 fully saturated rings. The van der Waals surface area contributed by atoms with Crippen LogP contribution in [0.1, 0.15) is 38.3 Å². The van der Waals surface area contributed by atoms with Crippen molar-refractivity contribution in [3.8, 4) is 0 Å². The predicted octanol–water partition coefficient (Wildman–Crippen LogP) is 1.86. The van der Waals surface area contributed by atoms with Gasteiger partial charge in [0.05, 0.1) is 11.7 Å². The van der Waals surface area contributed by atoms with Gasteiger partial charge < -0.3 is 19.5 Å². The van der Waals surface area contributed by atoms with Crippen molar-refractivity contribution >= 4 is 6.09 Å². The summed E-state index contributed by atoms with van der Waals surface area (Å²) in [6.45, 7) is 9.35. The number of carbonyl (C=O) groups is 1. The van der Waals surface area contributed by atoms with E-state index >= 15 is 0 Å². The Kier molecular flexibility index (Phi) is 3.80. The fourth-order valence-corrected chi connectivity index (χ4v) is 1.98. The van der Waals surface area contributed by atoms with Crippen molar-refractivity contribution < 1.29 is 14.1 Å². The molecule has 1 atom stereocenters. The standard InChI is InChI=1S/C13H21N3O3/c1-9-7-11(19-15-9)10-8-16(6-5-14-10)12(17)18-13(2,3)4/h7,10,14H,5-6,8H2,1-4H3. The van der Waals surface area contributed by atoms with Crippen LogP contribution in [0.25, 0.3) is 0 Å². The minimum absolute atomic E-state index is 0.0255. The molecule has 19 heavy (non-hydrogen) atoms. The van der Waals surface area contributed by atoms with Crippen molar-refractivity contribution in [1.29, 1.82) is 0 Å². The van der Waals surface area contributed by atoms with Gasteiger partial charge in [-0.3, -0.25) is 0 Å². The number of ether oxygens (including phenoxy) is 1. The van der Waals surface area contributed by atoms with Gasteiger partial charge >= 0.3 is 6.09 Å². The molecule has 1 amide bonds. The predicted molar refractivity (Wildman–Crippen MR) is 69.8 cm³/mol. The molecule has 0 radical (unpaired) electrons. The number of aryl methyl sites for hydroxylation is 1.